The Hall–Kier alpha value is -4.11. The Kier molecular flexibility index (Phi) is 8.05. The number of ether oxygens (including phenoxy) is 2. The van der Waals surface area contributed by atoms with Crippen LogP contribution in [0.15, 0.2) is 96.4 Å². The maximum absolute atomic E-state index is 13.3. The second kappa shape index (κ2) is 11.2. The molecule has 34 heavy (non-hydrogen) atoms. The van der Waals surface area contributed by atoms with Crippen LogP contribution >= 0.6 is 0 Å². The number of para-hydroxylation sites is 1. The van der Waals surface area contributed by atoms with Crippen molar-refractivity contribution in [1.82, 2.24) is 0 Å². The van der Waals surface area contributed by atoms with E-state index in [1.54, 1.807) is 54.6 Å². The van der Waals surface area contributed by atoms with E-state index in [1.165, 1.54) is 41.8 Å². The summed E-state index contributed by atoms with van der Waals surface area (Å²) in [4.78, 5) is 24.6. The molecule has 0 saturated heterocycles. The molecule has 0 aliphatic rings. The smallest absolute Gasteiger partial charge is 0.338 e. The predicted octanol–water partition coefficient (Wildman–Crippen LogP) is 3.87. The van der Waals surface area contributed by atoms with Crippen molar-refractivity contribution in [3.63, 3.8) is 0 Å². The Bertz CT molecular complexity index is 1280. The van der Waals surface area contributed by atoms with E-state index < -0.39 is 28.5 Å². The summed E-state index contributed by atoms with van der Waals surface area (Å²) < 4.78 is 37.9. The van der Waals surface area contributed by atoms with E-state index in [4.69, 9.17) is 9.47 Å². The number of esters is 1. The molecule has 0 aliphatic carbocycles. The van der Waals surface area contributed by atoms with Gasteiger partial charge in [0.25, 0.3) is 15.9 Å². The lowest BCUT2D eigenvalue weighted by Crippen LogP contribution is -2.31. The largest absolute Gasteiger partial charge is 0.497 e. The topological polar surface area (TPSA) is 102 Å². The highest BCUT2D eigenvalue weighted by molar-refractivity contribution is 7.92. The van der Waals surface area contributed by atoms with E-state index in [9.17, 15) is 18.0 Å². The minimum absolute atomic E-state index is 0.00173. The Morgan fingerprint density at radius 1 is 1.00 bits per heavy atom. The summed E-state index contributed by atoms with van der Waals surface area (Å²) in [5.74, 6) is -0.812. The van der Waals surface area contributed by atoms with E-state index >= 15 is 0 Å². The summed E-state index contributed by atoms with van der Waals surface area (Å²) in [6.07, 6.45) is 1.48. The van der Waals surface area contributed by atoms with E-state index in [1.807, 2.05) is 0 Å². The zero-order valence-corrected chi connectivity index (χ0v) is 19.3. The lowest BCUT2D eigenvalue weighted by molar-refractivity contribution is -0.119. The van der Waals surface area contributed by atoms with Gasteiger partial charge >= 0.3 is 5.97 Å². The summed E-state index contributed by atoms with van der Waals surface area (Å²) >= 11 is 0. The number of rotatable bonds is 10. The maximum atomic E-state index is 13.3. The van der Waals surface area contributed by atoms with Crippen molar-refractivity contribution in [3.8, 4) is 5.75 Å². The van der Waals surface area contributed by atoms with Crippen molar-refractivity contribution < 1.29 is 27.5 Å². The van der Waals surface area contributed by atoms with Gasteiger partial charge in [0.1, 0.15) is 5.75 Å². The molecule has 3 aromatic rings. The summed E-state index contributed by atoms with van der Waals surface area (Å²) in [7, 11) is -2.48. The third-order valence-electron chi connectivity index (χ3n) is 4.68. The predicted molar refractivity (Wildman–Crippen MR) is 130 cm³/mol. The van der Waals surface area contributed by atoms with Crippen LogP contribution in [0, 0.1) is 0 Å². The maximum Gasteiger partial charge on any atom is 0.338 e. The number of methoxy groups -OCH3 is 1. The number of nitrogens with one attached hydrogen (secondary N) is 1. The third kappa shape index (κ3) is 6.02. The number of nitrogens with zero attached hydrogens (tertiary/aromatic N) is 1. The Morgan fingerprint density at radius 2 is 1.74 bits per heavy atom. The zero-order valence-electron chi connectivity index (χ0n) is 18.5. The number of hydrogen-bond donors (Lipinski definition) is 1. The van der Waals surface area contributed by atoms with E-state index in [0.29, 0.717) is 17.1 Å². The van der Waals surface area contributed by atoms with Crippen molar-refractivity contribution in [2.75, 3.05) is 29.9 Å². The summed E-state index contributed by atoms with van der Waals surface area (Å²) in [5, 5.41) is 2.60. The first-order chi connectivity index (χ1) is 16.3. The first-order valence-electron chi connectivity index (χ1n) is 10.2. The monoisotopic (exact) mass is 480 g/mol. The molecule has 0 fully saturated rings. The number of carbonyl (C=O) groups is 2. The molecule has 1 amide bonds. The highest BCUT2D eigenvalue weighted by atomic mass is 32.2. The molecule has 3 aromatic carbocycles. The second-order valence-electron chi connectivity index (χ2n) is 7.04. The van der Waals surface area contributed by atoms with Crippen molar-refractivity contribution in [2.45, 2.75) is 4.90 Å². The van der Waals surface area contributed by atoms with Gasteiger partial charge in [0.2, 0.25) is 0 Å². The van der Waals surface area contributed by atoms with Crippen LogP contribution in [0.1, 0.15) is 10.4 Å². The van der Waals surface area contributed by atoms with Gasteiger partial charge in [0.05, 0.1) is 29.8 Å². The van der Waals surface area contributed by atoms with Gasteiger partial charge in [-0.2, -0.15) is 0 Å². The van der Waals surface area contributed by atoms with Crippen molar-refractivity contribution in [2.24, 2.45) is 0 Å². The second-order valence-corrected chi connectivity index (χ2v) is 8.91. The molecule has 0 saturated carbocycles. The van der Waals surface area contributed by atoms with E-state index in [2.05, 4.69) is 11.9 Å². The number of carbonyl (C=O) groups excluding carboxylic acids is 2. The first kappa shape index (κ1) is 24.5. The van der Waals surface area contributed by atoms with Crippen LogP contribution < -0.4 is 14.4 Å². The number of hydrogen-bond acceptors (Lipinski definition) is 6. The normalized spacial score (nSPS) is 10.7. The Labute approximate surface area is 198 Å². The molecular weight excluding hydrogens is 456 g/mol. The molecular formula is C25H24N2O6S. The molecule has 0 spiro atoms. The fraction of sp³-hybridized carbons (Fsp3) is 0.120. The van der Waals surface area contributed by atoms with Crippen molar-refractivity contribution in [3.05, 3.63) is 97.1 Å². The number of amides is 1. The van der Waals surface area contributed by atoms with Gasteiger partial charge in [-0.25, -0.2) is 13.2 Å². The van der Waals surface area contributed by atoms with Crippen molar-refractivity contribution in [1.29, 1.82) is 0 Å². The SMILES string of the molecule is C=CCN(c1ccccc1)S(=O)(=O)c1cccc(C(=O)OCC(=O)Nc2cccc(OC)c2)c1. The lowest BCUT2D eigenvalue weighted by atomic mass is 10.2. The van der Waals surface area contributed by atoms with Crippen LogP contribution in [0.25, 0.3) is 0 Å². The van der Waals surface area contributed by atoms with Crippen molar-refractivity contribution >= 4 is 33.3 Å². The molecule has 8 nitrogen and oxygen atoms in total. The van der Waals surface area contributed by atoms with Gasteiger partial charge < -0.3 is 14.8 Å². The Balaban J connectivity index is 1.71. The van der Waals surface area contributed by atoms with Crippen LogP contribution in [0.5, 0.6) is 5.75 Å². The van der Waals surface area contributed by atoms with E-state index in [-0.39, 0.29) is 17.0 Å². The van der Waals surface area contributed by atoms with Crippen LogP contribution in [-0.4, -0.2) is 40.6 Å². The number of anilines is 2. The van der Waals surface area contributed by atoms with Gasteiger partial charge in [0.15, 0.2) is 6.61 Å². The lowest BCUT2D eigenvalue weighted by Gasteiger charge is -2.23. The molecule has 0 aromatic heterocycles. The molecule has 176 valence electrons. The minimum Gasteiger partial charge on any atom is -0.497 e. The van der Waals surface area contributed by atoms with Gasteiger partial charge in [0, 0.05) is 11.8 Å². The summed E-state index contributed by atoms with van der Waals surface area (Å²) in [6, 6.07) is 20.8. The summed E-state index contributed by atoms with van der Waals surface area (Å²) in [5.41, 5.74) is 0.947. The van der Waals surface area contributed by atoms with Crippen LogP contribution in [0.2, 0.25) is 0 Å². The molecule has 0 heterocycles. The highest BCUT2D eigenvalue weighted by Gasteiger charge is 2.25. The highest BCUT2D eigenvalue weighted by Crippen LogP contribution is 2.24. The first-order valence-corrected chi connectivity index (χ1v) is 11.7. The average molecular weight is 481 g/mol. The van der Waals surface area contributed by atoms with Gasteiger partial charge in [-0.1, -0.05) is 36.4 Å². The van der Waals surface area contributed by atoms with Crippen LogP contribution in [0.4, 0.5) is 11.4 Å². The number of sulfonamides is 1. The average Bonchev–Trinajstić information content (AvgIpc) is 2.86. The zero-order chi connectivity index (χ0) is 24.6. The fourth-order valence-electron chi connectivity index (χ4n) is 3.08. The van der Waals surface area contributed by atoms with Crippen LogP contribution in [0.3, 0.4) is 0 Å². The molecule has 0 radical (unpaired) electrons. The molecule has 9 heteroatoms. The Morgan fingerprint density at radius 3 is 2.44 bits per heavy atom. The standard InChI is InChI=1S/C25H24N2O6S/c1-3-15-27(21-11-5-4-6-12-21)34(30,31)23-14-7-9-19(16-23)25(29)33-18-24(28)26-20-10-8-13-22(17-20)32-2/h3-14,16-17H,1,15,18H2,2H3,(H,26,28). The molecule has 3 rings (SSSR count). The van der Waals surface area contributed by atoms with Gasteiger partial charge in [-0.3, -0.25) is 9.10 Å². The van der Waals surface area contributed by atoms with E-state index in [0.717, 1.165) is 0 Å². The molecule has 1 N–H and O–H groups in total. The fourth-order valence-corrected chi connectivity index (χ4v) is 4.56. The third-order valence-corrected chi connectivity index (χ3v) is 6.47. The van der Waals surface area contributed by atoms with Crippen LogP contribution in [-0.2, 0) is 19.6 Å². The summed E-state index contributed by atoms with van der Waals surface area (Å²) in [6.45, 7) is 3.14. The minimum atomic E-state index is -3.99. The molecule has 0 aliphatic heterocycles. The molecule has 0 bridgehead atoms. The van der Waals surface area contributed by atoms with Gasteiger partial charge in [-0.05, 0) is 42.5 Å². The molecule has 0 atom stereocenters. The quantitative estimate of drug-likeness (QED) is 0.349. The molecule has 0 unspecified atom stereocenters. The van der Waals surface area contributed by atoms with Gasteiger partial charge in [-0.15, -0.1) is 6.58 Å². The number of benzene rings is 3.